The Bertz CT molecular complexity index is 817. The molecule has 2 aromatic rings. The summed E-state index contributed by atoms with van der Waals surface area (Å²) in [5.41, 5.74) is 3.62. The summed E-state index contributed by atoms with van der Waals surface area (Å²) in [7, 11) is 0. The highest BCUT2D eigenvalue weighted by molar-refractivity contribution is 5.76. The first-order valence-corrected chi connectivity index (χ1v) is 10.1. The number of nitrogens with one attached hydrogen (secondary N) is 3. The largest absolute Gasteiger partial charge is 0.493 e. The van der Waals surface area contributed by atoms with Crippen LogP contribution in [0.4, 0.5) is 4.39 Å². The average molecular weight is 385 g/mol. The van der Waals surface area contributed by atoms with Gasteiger partial charge in [0.2, 0.25) is 0 Å². The second-order valence-electron chi connectivity index (χ2n) is 7.80. The van der Waals surface area contributed by atoms with Crippen LogP contribution in [0.25, 0.3) is 0 Å². The van der Waals surface area contributed by atoms with Gasteiger partial charge in [-0.2, -0.15) is 0 Å². The van der Waals surface area contributed by atoms with Crippen LogP contribution < -0.4 is 19.9 Å². The van der Waals surface area contributed by atoms with Crippen molar-refractivity contribution in [3.05, 3.63) is 65.0 Å². The lowest BCUT2D eigenvalue weighted by molar-refractivity contribution is -1.02. The Kier molecular flexibility index (Phi) is 5.88. The smallest absolute Gasteiger partial charge is 0.275 e. The molecule has 0 radical (unpaired) electrons. The van der Waals surface area contributed by atoms with Gasteiger partial charge in [0.15, 0.2) is 6.54 Å². The number of halogens is 1. The first-order valence-electron chi connectivity index (χ1n) is 10.1. The molecule has 0 aliphatic carbocycles. The number of amides is 1. The number of hydrogen-bond donors (Lipinski definition) is 3. The van der Waals surface area contributed by atoms with Crippen molar-refractivity contribution in [2.75, 3.05) is 39.3 Å². The van der Waals surface area contributed by atoms with Crippen LogP contribution in [0.1, 0.15) is 16.7 Å². The number of hydrogen-bond acceptors (Lipinski definition) is 2. The lowest BCUT2D eigenvalue weighted by Crippen LogP contribution is -3.28. The number of benzene rings is 2. The summed E-state index contributed by atoms with van der Waals surface area (Å²) >= 11 is 0. The molecule has 148 valence electrons. The average Bonchev–Trinajstić information content (AvgIpc) is 3.17. The Labute approximate surface area is 165 Å². The van der Waals surface area contributed by atoms with Gasteiger partial charge < -0.3 is 19.9 Å². The minimum atomic E-state index is -0.256. The lowest BCUT2D eigenvalue weighted by Gasteiger charge is -2.29. The highest BCUT2D eigenvalue weighted by atomic mass is 19.1. The van der Waals surface area contributed by atoms with Gasteiger partial charge in [-0.1, -0.05) is 12.1 Å². The number of rotatable bonds is 6. The first-order chi connectivity index (χ1) is 13.7. The molecule has 5 nitrogen and oxygen atoms in total. The fraction of sp³-hybridized carbons (Fsp3) is 0.409. The lowest BCUT2D eigenvalue weighted by atomic mass is 10.1. The molecule has 3 N–H and O–H groups in total. The van der Waals surface area contributed by atoms with Crippen LogP contribution in [-0.2, 0) is 24.3 Å². The topological polar surface area (TPSA) is 47.2 Å². The molecule has 6 heteroatoms. The minimum Gasteiger partial charge on any atom is -0.493 e. The Morgan fingerprint density at radius 1 is 1.00 bits per heavy atom. The molecule has 0 spiro atoms. The molecule has 2 aliphatic rings. The number of carbonyl (C=O) groups is 1. The van der Waals surface area contributed by atoms with Gasteiger partial charge in [0, 0.05) is 18.5 Å². The van der Waals surface area contributed by atoms with Crippen molar-refractivity contribution in [2.24, 2.45) is 0 Å². The third kappa shape index (κ3) is 4.88. The Morgan fingerprint density at radius 3 is 2.50 bits per heavy atom. The number of ether oxygens (including phenoxy) is 1. The van der Waals surface area contributed by atoms with Crippen LogP contribution in [0.2, 0.25) is 0 Å². The summed E-state index contributed by atoms with van der Waals surface area (Å²) in [4.78, 5) is 15.1. The predicted molar refractivity (Wildman–Crippen MR) is 104 cm³/mol. The zero-order valence-corrected chi connectivity index (χ0v) is 16.1. The van der Waals surface area contributed by atoms with E-state index < -0.39 is 0 Å². The third-order valence-corrected chi connectivity index (χ3v) is 5.69. The maximum absolute atomic E-state index is 12.9. The van der Waals surface area contributed by atoms with Crippen molar-refractivity contribution in [2.45, 2.75) is 19.5 Å². The van der Waals surface area contributed by atoms with E-state index in [4.69, 9.17) is 4.74 Å². The van der Waals surface area contributed by atoms with Gasteiger partial charge in [-0.05, 0) is 41.5 Å². The van der Waals surface area contributed by atoms with E-state index in [9.17, 15) is 9.18 Å². The Morgan fingerprint density at radius 2 is 1.71 bits per heavy atom. The summed E-state index contributed by atoms with van der Waals surface area (Å²) in [6.07, 6.45) is 1.02. The Hall–Kier alpha value is -2.44. The van der Waals surface area contributed by atoms with E-state index in [1.54, 1.807) is 17.0 Å². The highest BCUT2D eigenvalue weighted by Crippen LogP contribution is 2.25. The van der Waals surface area contributed by atoms with E-state index in [1.807, 2.05) is 0 Å². The monoisotopic (exact) mass is 385 g/mol. The molecule has 0 aromatic heterocycles. The molecule has 0 bridgehead atoms. The van der Waals surface area contributed by atoms with Gasteiger partial charge in [-0.15, -0.1) is 0 Å². The van der Waals surface area contributed by atoms with E-state index in [-0.39, 0.29) is 11.7 Å². The number of quaternary nitrogens is 2. The zero-order valence-electron chi connectivity index (χ0n) is 16.1. The highest BCUT2D eigenvalue weighted by Gasteiger charge is 2.25. The number of fused-ring (bicyclic) bond motifs is 1. The summed E-state index contributed by atoms with van der Waals surface area (Å²) in [6.45, 7) is 6.97. The van der Waals surface area contributed by atoms with E-state index in [1.165, 1.54) is 28.2 Å². The molecule has 0 atom stereocenters. The van der Waals surface area contributed by atoms with E-state index >= 15 is 0 Å². The van der Waals surface area contributed by atoms with Gasteiger partial charge in [-0.25, -0.2) is 4.39 Å². The molecule has 1 amide bonds. The second-order valence-corrected chi connectivity index (χ2v) is 7.80. The summed E-state index contributed by atoms with van der Waals surface area (Å²) in [5, 5.41) is 2.94. The van der Waals surface area contributed by atoms with Crippen molar-refractivity contribution in [3.63, 3.8) is 0 Å². The molecule has 1 fully saturated rings. The molecule has 1 saturated heterocycles. The normalized spacial score (nSPS) is 21.0. The molecule has 0 unspecified atom stereocenters. The summed E-state index contributed by atoms with van der Waals surface area (Å²) in [6, 6.07) is 12.8. The van der Waals surface area contributed by atoms with Crippen molar-refractivity contribution < 1.29 is 23.7 Å². The van der Waals surface area contributed by atoms with E-state index in [0.717, 1.165) is 57.1 Å². The molecule has 28 heavy (non-hydrogen) atoms. The number of piperazine rings is 1. The molecule has 2 aliphatic heterocycles. The minimum absolute atomic E-state index is 0.0568. The molecule has 2 aromatic carbocycles. The van der Waals surface area contributed by atoms with Gasteiger partial charge in [0.1, 0.15) is 44.3 Å². The summed E-state index contributed by atoms with van der Waals surface area (Å²) in [5.74, 6) is 0.842. The molecular weight excluding hydrogens is 357 g/mol. The maximum Gasteiger partial charge on any atom is 0.275 e. The van der Waals surface area contributed by atoms with Crippen LogP contribution in [0.5, 0.6) is 5.75 Å². The molecule has 2 heterocycles. The fourth-order valence-corrected chi connectivity index (χ4v) is 4.04. The van der Waals surface area contributed by atoms with E-state index in [0.29, 0.717) is 13.1 Å². The van der Waals surface area contributed by atoms with Gasteiger partial charge in [-0.3, -0.25) is 4.79 Å². The SMILES string of the molecule is O=C(C[NH+]1CC[NH+](Cc2ccc3c(c2)CCO3)CC1)NCc1ccc(F)cc1. The van der Waals surface area contributed by atoms with Crippen molar-refractivity contribution >= 4 is 5.91 Å². The van der Waals surface area contributed by atoms with Crippen molar-refractivity contribution in [1.29, 1.82) is 0 Å². The zero-order chi connectivity index (χ0) is 19.3. The van der Waals surface area contributed by atoms with Crippen LogP contribution >= 0.6 is 0 Å². The van der Waals surface area contributed by atoms with Gasteiger partial charge in [0.25, 0.3) is 5.91 Å². The van der Waals surface area contributed by atoms with Crippen LogP contribution in [0.15, 0.2) is 42.5 Å². The maximum atomic E-state index is 12.9. The fourth-order valence-electron chi connectivity index (χ4n) is 4.04. The Balaban J connectivity index is 1.18. The predicted octanol–water partition coefficient (Wildman–Crippen LogP) is -0.640. The second kappa shape index (κ2) is 8.71. The molecule has 4 rings (SSSR count). The quantitative estimate of drug-likeness (QED) is 0.620. The van der Waals surface area contributed by atoms with Gasteiger partial charge >= 0.3 is 0 Å². The molecule has 0 saturated carbocycles. The molecular formula is C22H28FN3O2+2. The van der Waals surface area contributed by atoms with Crippen LogP contribution in [0, 0.1) is 5.82 Å². The van der Waals surface area contributed by atoms with Gasteiger partial charge in [0.05, 0.1) is 6.61 Å². The van der Waals surface area contributed by atoms with Crippen molar-refractivity contribution in [1.82, 2.24) is 5.32 Å². The third-order valence-electron chi connectivity index (χ3n) is 5.69. The summed E-state index contributed by atoms with van der Waals surface area (Å²) < 4.78 is 18.5. The van der Waals surface area contributed by atoms with E-state index in [2.05, 4.69) is 23.5 Å². The first kappa shape index (κ1) is 18.9. The standard InChI is InChI=1S/C22H26FN3O2/c23-20-4-1-17(2-5-20)14-24-22(27)16-26-10-8-25(9-11-26)15-18-3-6-21-19(13-18)7-12-28-21/h1-6,13H,7-12,14-16H2,(H,24,27)/p+2. The van der Waals surface area contributed by atoms with Crippen LogP contribution in [-0.4, -0.2) is 45.2 Å². The van der Waals surface area contributed by atoms with Crippen molar-refractivity contribution in [3.8, 4) is 5.75 Å². The van der Waals surface area contributed by atoms with Crippen LogP contribution in [0.3, 0.4) is 0 Å². The number of carbonyl (C=O) groups excluding carboxylic acids is 1.